The van der Waals surface area contributed by atoms with E-state index in [1.807, 2.05) is 29.8 Å². The van der Waals surface area contributed by atoms with E-state index in [1.165, 1.54) is 0 Å². The first-order valence-corrected chi connectivity index (χ1v) is 5.89. The molecule has 0 saturated carbocycles. The van der Waals surface area contributed by atoms with E-state index >= 15 is 0 Å². The van der Waals surface area contributed by atoms with Gasteiger partial charge in [-0.3, -0.25) is 0 Å². The summed E-state index contributed by atoms with van der Waals surface area (Å²) >= 11 is 3.43. The quantitative estimate of drug-likeness (QED) is 0.940. The lowest BCUT2D eigenvalue weighted by Crippen LogP contribution is -2.05. The Morgan fingerprint density at radius 1 is 1.41 bits per heavy atom. The summed E-state index contributed by atoms with van der Waals surface area (Å²) in [5, 5.41) is 11.1. The molecule has 5 nitrogen and oxygen atoms in total. The molecule has 0 atom stereocenters. The number of hydrogen-bond acceptors (Lipinski definition) is 4. The van der Waals surface area contributed by atoms with Gasteiger partial charge in [-0.1, -0.05) is 15.9 Å². The fraction of sp³-hybridized carbons (Fsp3) is 0.273. The molecule has 0 bridgehead atoms. The molecule has 2 rings (SSSR count). The molecule has 1 heterocycles. The summed E-state index contributed by atoms with van der Waals surface area (Å²) in [6.45, 7) is 0.621. The van der Waals surface area contributed by atoms with Crippen LogP contribution in [0.1, 0.15) is 5.82 Å². The summed E-state index contributed by atoms with van der Waals surface area (Å²) < 4.78 is 8.04. The van der Waals surface area contributed by atoms with Gasteiger partial charge < -0.3 is 14.6 Å². The van der Waals surface area contributed by atoms with Crippen molar-refractivity contribution in [2.24, 2.45) is 7.05 Å². The number of anilines is 1. The van der Waals surface area contributed by atoms with Crippen molar-refractivity contribution in [3.05, 3.63) is 34.8 Å². The Kier molecular flexibility index (Phi) is 3.63. The average molecular weight is 297 g/mol. The lowest BCUT2D eigenvalue weighted by molar-refractivity contribution is 0.414. The van der Waals surface area contributed by atoms with Gasteiger partial charge in [0.2, 0.25) is 0 Å². The third-order valence-corrected chi connectivity index (χ3v) is 2.82. The minimum absolute atomic E-state index is 0.621. The van der Waals surface area contributed by atoms with Crippen molar-refractivity contribution in [3.8, 4) is 5.75 Å². The normalized spacial score (nSPS) is 10.3. The summed E-state index contributed by atoms with van der Waals surface area (Å²) in [4.78, 5) is 0. The molecule has 0 aliphatic rings. The fourth-order valence-electron chi connectivity index (χ4n) is 1.43. The Balaban J connectivity index is 2.09. The Labute approximate surface area is 108 Å². The molecule has 0 unspecified atom stereocenters. The molecule has 2 aromatic rings. The minimum Gasteiger partial charge on any atom is -0.497 e. The number of benzene rings is 1. The van der Waals surface area contributed by atoms with E-state index in [0.717, 1.165) is 21.7 Å². The predicted octanol–water partition coefficient (Wildman–Crippen LogP) is 2.20. The molecule has 1 aromatic heterocycles. The predicted molar refractivity (Wildman–Crippen MR) is 69.0 cm³/mol. The first kappa shape index (κ1) is 11.9. The van der Waals surface area contributed by atoms with Gasteiger partial charge in [-0.25, -0.2) is 0 Å². The van der Waals surface area contributed by atoms with E-state index in [-0.39, 0.29) is 0 Å². The van der Waals surface area contributed by atoms with Crippen molar-refractivity contribution in [2.45, 2.75) is 6.54 Å². The lowest BCUT2D eigenvalue weighted by atomic mass is 10.3. The van der Waals surface area contributed by atoms with Crippen LogP contribution in [0.15, 0.2) is 29.0 Å². The second-order valence-corrected chi connectivity index (χ2v) is 4.51. The average Bonchev–Trinajstić information content (AvgIpc) is 2.71. The summed E-state index contributed by atoms with van der Waals surface area (Å²) in [6, 6.07) is 5.83. The fourth-order valence-corrected chi connectivity index (χ4v) is 1.90. The number of hydrogen-bond donors (Lipinski definition) is 1. The molecule has 0 aliphatic carbocycles. The molecule has 0 fully saturated rings. The third kappa shape index (κ3) is 2.97. The van der Waals surface area contributed by atoms with Gasteiger partial charge in [0, 0.05) is 23.3 Å². The van der Waals surface area contributed by atoms with Crippen LogP contribution in [0.25, 0.3) is 0 Å². The van der Waals surface area contributed by atoms with E-state index in [0.29, 0.717) is 6.54 Å². The number of aryl methyl sites for hydroxylation is 1. The zero-order valence-electron chi connectivity index (χ0n) is 9.64. The van der Waals surface area contributed by atoms with Crippen molar-refractivity contribution >= 4 is 21.6 Å². The topological polar surface area (TPSA) is 52.0 Å². The number of nitrogens with zero attached hydrogens (tertiary/aromatic N) is 3. The lowest BCUT2D eigenvalue weighted by Gasteiger charge is -2.08. The van der Waals surface area contributed by atoms with E-state index in [1.54, 1.807) is 13.4 Å². The van der Waals surface area contributed by atoms with Crippen molar-refractivity contribution in [1.29, 1.82) is 0 Å². The van der Waals surface area contributed by atoms with E-state index in [4.69, 9.17) is 4.74 Å². The van der Waals surface area contributed by atoms with Gasteiger partial charge >= 0.3 is 0 Å². The molecule has 1 aromatic carbocycles. The largest absolute Gasteiger partial charge is 0.497 e. The minimum atomic E-state index is 0.621. The number of rotatable bonds is 4. The number of methoxy groups -OCH3 is 1. The molecule has 17 heavy (non-hydrogen) atoms. The molecular formula is C11H13BrN4O. The monoisotopic (exact) mass is 296 g/mol. The van der Waals surface area contributed by atoms with Crippen LogP contribution in [0.4, 0.5) is 5.69 Å². The maximum absolute atomic E-state index is 5.19. The van der Waals surface area contributed by atoms with Crippen LogP contribution < -0.4 is 10.1 Å². The number of ether oxygens (including phenoxy) is 1. The highest BCUT2D eigenvalue weighted by Crippen LogP contribution is 2.24. The maximum atomic E-state index is 5.19. The summed E-state index contributed by atoms with van der Waals surface area (Å²) in [5.41, 5.74) is 0.972. The number of halogens is 1. The summed E-state index contributed by atoms with van der Waals surface area (Å²) in [6.07, 6.45) is 1.68. The van der Waals surface area contributed by atoms with Gasteiger partial charge in [0.05, 0.1) is 13.7 Å². The summed E-state index contributed by atoms with van der Waals surface area (Å²) in [5.74, 6) is 1.68. The van der Waals surface area contributed by atoms with Crippen molar-refractivity contribution in [1.82, 2.24) is 14.8 Å². The van der Waals surface area contributed by atoms with Crippen molar-refractivity contribution < 1.29 is 4.74 Å². The van der Waals surface area contributed by atoms with Crippen LogP contribution in [0.5, 0.6) is 5.75 Å². The van der Waals surface area contributed by atoms with Gasteiger partial charge in [-0.05, 0) is 12.1 Å². The number of aromatic nitrogens is 3. The van der Waals surface area contributed by atoms with Gasteiger partial charge in [0.25, 0.3) is 0 Å². The second-order valence-electron chi connectivity index (χ2n) is 3.59. The van der Waals surface area contributed by atoms with Crippen LogP contribution in [0.2, 0.25) is 0 Å². The maximum Gasteiger partial charge on any atom is 0.151 e. The molecular weight excluding hydrogens is 284 g/mol. The Morgan fingerprint density at radius 2 is 2.24 bits per heavy atom. The highest BCUT2D eigenvalue weighted by atomic mass is 79.9. The molecule has 90 valence electrons. The smallest absolute Gasteiger partial charge is 0.151 e. The summed E-state index contributed by atoms with van der Waals surface area (Å²) in [7, 11) is 3.56. The molecule has 1 N–H and O–H groups in total. The van der Waals surface area contributed by atoms with Gasteiger partial charge in [0.15, 0.2) is 5.82 Å². The molecule has 0 amide bonds. The molecule has 0 aliphatic heterocycles. The third-order valence-electron chi connectivity index (χ3n) is 2.36. The molecule has 6 heteroatoms. The first-order valence-electron chi connectivity index (χ1n) is 5.10. The molecule has 0 radical (unpaired) electrons. The van der Waals surface area contributed by atoms with Gasteiger partial charge in [0.1, 0.15) is 12.1 Å². The highest BCUT2D eigenvalue weighted by Gasteiger charge is 2.02. The van der Waals surface area contributed by atoms with Crippen molar-refractivity contribution in [2.75, 3.05) is 12.4 Å². The molecule has 0 saturated heterocycles. The SMILES string of the molecule is COc1cc(Br)cc(NCc2nncn2C)c1. The van der Waals surface area contributed by atoms with Crippen LogP contribution >= 0.6 is 15.9 Å². The second kappa shape index (κ2) is 5.18. The zero-order chi connectivity index (χ0) is 12.3. The Hall–Kier alpha value is -1.56. The van der Waals surface area contributed by atoms with Crippen LogP contribution in [-0.4, -0.2) is 21.9 Å². The Morgan fingerprint density at radius 3 is 2.88 bits per heavy atom. The molecule has 0 spiro atoms. The standard InChI is InChI=1S/C11H13BrN4O/c1-16-7-14-15-11(16)6-13-9-3-8(12)4-10(5-9)17-2/h3-5,7,13H,6H2,1-2H3. The van der Waals surface area contributed by atoms with Gasteiger partial charge in [-0.2, -0.15) is 0 Å². The van der Waals surface area contributed by atoms with Crippen LogP contribution in [0, 0.1) is 0 Å². The first-order chi connectivity index (χ1) is 8.19. The Bertz CT molecular complexity index is 512. The van der Waals surface area contributed by atoms with Crippen LogP contribution in [-0.2, 0) is 13.6 Å². The highest BCUT2D eigenvalue weighted by molar-refractivity contribution is 9.10. The number of nitrogens with one attached hydrogen (secondary N) is 1. The van der Waals surface area contributed by atoms with E-state index < -0.39 is 0 Å². The zero-order valence-corrected chi connectivity index (χ0v) is 11.2. The van der Waals surface area contributed by atoms with Gasteiger partial charge in [-0.15, -0.1) is 10.2 Å². The van der Waals surface area contributed by atoms with Crippen LogP contribution in [0.3, 0.4) is 0 Å². The van der Waals surface area contributed by atoms with E-state index in [9.17, 15) is 0 Å². The van der Waals surface area contributed by atoms with E-state index in [2.05, 4.69) is 31.4 Å². The van der Waals surface area contributed by atoms with Crippen molar-refractivity contribution in [3.63, 3.8) is 0 Å².